The molecule has 1 aliphatic heterocycles. The first-order chi connectivity index (χ1) is 11.7. The van der Waals surface area contributed by atoms with Gasteiger partial charge < -0.3 is 19.5 Å². The van der Waals surface area contributed by atoms with Gasteiger partial charge >= 0.3 is 5.97 Å². The second-order valence-electron chi connectivity index (χ2n) is 5.15. The third kappa shape index (κ3) is 3.32. The molecule has 2 aromatic rings. The normalized spacial score (nSPS) is 12.4. The average molecular weight is 327 g/mol. The second-order valence-corrected chi connectivity index (χ2v) is 5.15. The number of hydrogen-bond acceptors (Lipinski definition) is 6. The zero-order valence-electron chi connectivity index (χ0n) is 13.2. The molecule has 0 radical (unpaired) electrons. The lowest BCUT2D eigenvalue weighted by atomic mass is 10.1. The number of ketones is 1. The molecule has 1 heterocycles. The van der Waals surface area contributed by atoms with E-state index in [1.54, 1.807) is 43.4 Å². The highest BCUT2D eigenvalue weighted by Crippen LogP contribution is 2.30. The van der Waals surface area contributed by atoms with E-state index in [1.165, 1.54) is 0 Å². The number of benzene rings is 2. The van der Waals surface area contributed by atoms with Gasteiger partial charge in [-0.15, -0.1) is 0 Å². The van der Waals surface area contributed by atoms with E-state index in [9.17, 15) is 9.59 Å². The summed E-state index contributed by atoms with van der Waals surface area (Å²) in [5.74, 6) is 0.282. The molecule has 24 heavy (non-hydrogen) atoms. The molecule has 0 fully saturated rings. The smallest absolute Gasteiger partial charge is 0.340 e. The first-order valence-corrected chi connectivity index (χ1v) is 7.56. The van der Waals surface area contributed by atoms with E-state index < -0.39 is 5.97 Å². The first kappa shape index (κ1) is 15.9. The summed E-state index contributed by atoms with van der Waals surface area (Å²) in [7, 11) is 1.71. The maximum Gasteiger partial charge on any atom is 0.340 e. The van der Waals surface area contributed by atoms with Gasteiger partial charge in [-0.3, -0.25) is 4.79 Å². The van der Waals surface area contributed by atoms with Gasteiger partial charge in [0.05, 0.1) is 5.56 Å². The molecule has 0 unspecified atom stereocenters. The van der Waals surface area contributed by atoms with Crippen LogP contribution in [-0.2, 0) is 4.74 Å². The number of nitrogens with one attached hydrogen (secondary N) is 1. The molecule has 0 atom stereocenters. The van der Waals surface area contributed by atoms with Gasteiger partial charge in [0, 0.05) is 18.3 Å². The molecule has 0 aliphatic carbocycles. The molecule has 3 rings (SSSR count). The standard InChI is InChI=1S/C18H17NO5/c1-19-14-5-3-2-4-13(14)18(21)24-11-15(20)12-6-7-16-17(10-12)23-9-8-22-16/h2-7,10,19H,8-9,11H2,1H3. The highest BCUT2D eigenvalue weighted by Gasteiger charge is 2.17. The Hall–Kier alpha value is -3.02. The zero-order valence-corrected chi connectivity index (χ0v) is 13.2. The van der Waals surface area contributed by atoms with Gasteiger partial charge in [-0.25, -0.2) is 4.79 Å². The average Bonchev–Trinajstić information content (AvgIpc) is 2.65. The molecule has 124 valence electrons. The van der Waals surface area contributed by atoms with Crippen LogP contribution in [-0.4, -0.2) is 38.6 Å². The summed E-state index contributed by atoms with van der Waals surface area (Å²) in [6.45, 7) is 0.597. The number of esters is 1. The van der Waals surface area contributed by atoms with Gasteiger partial charge in [0.25, 0.3) is 0 Å². The minimum absolute atomic E-state index is 0.303. The number of rotatable bonds is 5. The molecule has 1 N–H and O–H groups in total. The molecule has 0 saturated heterocycles. The predicted octanol–water partition coefficient (Wildman–Crippen LogP) is 2.54. The van der Waals surface area contributed by atoms with Gasteiger partial charge in [0.2, 0.25) is 0 Å². The van der Waals surface area contributed by atoms with Crippen molar-refractivity contribution in [3.05, 3.63) is 53.6 Å². The number of para-hydroxylation sites is 1. The lowest BCUT2D eigenvalue weighted by Gasteiger charge is -2.18. The predicted molar refractivity (Wildman–Crippen MR) is 88.0 cm³/mol. The third-order valence-corrected chi connectivity index (χ3v) is 3.61. The Balaban J connectivity index is 1.66. The van der Waals surface area contributed by atoms with Crippen LogP contribution in [0.2, 0.25) is 0 Å². The van der Waals surface area contributed by atoms with Crippen LogP contribution in [0.15, 0.2) is 42.5 Å². The molecule has 6 nitrogen and oxygen atoms in total. The molecule has 0 bridgehead atoms. The summed E-state index contributed by atoms with van der Waals surface area (Å²) in [6.07, 6.45) is 0. The van der Waals surface area contributed by atoms with Crippen molar-refractivity contribution in [2.75, 3.05) is 32.2 Å². The number of carbonyl (C=O) groups excluding carboxylic acids is 2. The Bertz CT molecular complexity index is 772. The summed E-state index contributed by atoms with van der Waals surface area (Å²) in [6, 6.07) is 11.9. The topological polar surface area (TPSA) is 73.9 Å². The number of carbonyl (C=O) groups is 2. The molecule has 1 aliphatic rings. The highest BCUT2D eigenvalue weighted by molar-refractivity contribution is 6.01. The fraction of sp³-hybridized carbons (Fsp3) is 0.222. The minimum Gasteiger partial charge on any atom is -0.486 e. The van der Waals surface area contributed by atoms with Gasteiger partial charge in [0.1, 0.15) is 13.2 Å². The van der Waals surface area contributed by atoms with E-state index in [0.29, 0.717) is 41.5 Å². The molecular formula is C18H17NO5. The van der Waals surface area contributed by atoms with Gasteiger partial charge in [0.15, 0.2) is 23.9 Å². The Morgan fingerprint density at radius 3 is 2.62 bits per heavy atom. The van der Waals surface area contributed by atoms with Crippen molar-refractivity contribution < 1.29 is 23.8 Å². The van der Waals surface area contributed by atoms with E-state index in [-0.39, 0.29) is 12.4 Å². The number of anilines is 1. The largest absolute Gasteiger partial charge is 0.486 e. The number of fused-ring (bicyclic) bond motifs is 1. The van der Waals surface area contributed by atoms with Crippen molar-refractivity contribution in [2.24, 2.45) is 0 Å². The Morgan fingerprint density at radius 2 is 1.83 bits per heavy atom. The number of Topliss-reactive ketones (excluding diaryl/α,β-unsaturated/α-hetero) is 1. The van der Waals surface area contributed by atoms with Crippen LogP contribution in [0, 0.1) is 0 Å². The zero-order chi connectivity index (χ0) is 16.9. The lowest BCUT2D eigenvalue weighted by Crippen LogP contribution is -2.17. The summed E-state index contributed by atoms with van der Waals surface area (Å²) >= 11 is 0. The Labute approximate surface area is 139 Å². The van der Waals surface area contributed by atoms with Crippen LogP contribution in [0.4, 0.5) is 5.69 Å². The maximum atomic E-state index is 12.2. The van der Waals surface area contributed by atoms with Gasteiger partial charge in [-0.1, -0.05) is 12.1 Å². The molecule has 0 saturated carbocycles. The fourth-order valence-corrected chi connectivity index (χ4v) is 2.39. The second kappa shape index (κ2) is 7.04. The Morgan fingerprint density at radius 1 is 1.08 bits per heavy atom. The van der Waals surface area contributed by atoms with Gasteiger partial charge in [-0.2, -0.15) is 0 Å². The summed E-state index contributed by atoms with van der Waals surface area (Å²) in [5, 5.41) is 2.91. The first-order valence-electron chi connectivity index (χ1n) is 7.56. The summed E-state index contributed by atoms with van der Waals surface area (Å²) < 4.78 is 16.0. The van der Waals surface area contributed by atoms with Crippen LogP contribution in [0.25, 0.3) is 0 Å². The number of ether oxygens (including phenoxy) is 3. The SMILES string of the molecule is CNc1ccccc1C(=O)OCC(=O)c1ccc2c(c1)OCCO2. The summed E-state index contributed by atoms with van der Waals surface area (Å²) in [4.78, 5) is 24.4. The van der Waals surface area contributed by atoms with E-state index in [2.05, 4.69) is 5.32 Å². The van der Waals surface area contributed by atoms with Crippen molar-refractivity contribution in [3.63, 3.8) is 0 Å². The third-order valence-electron chi connectivity index (χ3n) is 3.61. The molecule has 2 aromatic carbocycles. The van der Waals surface area contributed by atoms with Crippen molar-refractivity contribution in [1.82, 2.24) is 0 Å². The Kier molecular flexibility index (Phi) is 4.65. The molecule has 0 aromatic heterocycles. The van der Waals surface area contributed by atoms with Crippen molar-refractivity contribution in [2.45, 2.75) is 0 Å². The van der Waals surface area contributed by atoms with Crippen molar-refractivity contribution in [1.29, 1.82) is 0 Å². The van der Waals surface area contributed by atoms with Crippen LogP contribution in [0.1, 0.15) is 20.7 Å². The van der Waals surface area contributed by atoms with E-state index in [4.69, 9.17) is 14.2 Å². The van der Waals surface area contributed by atoms with E-state index in [0.717, 1.165) is 0 Å². The van der Waals surface area contributed by atoms with Crippen LogP contribution in [0.5, 0.6) is 11.5 Å². The highest BCUT2D eigenvalue weighted by atomic mass is 16.6. The maximum absolute atomic E-state index is 12.2. The van der Waals surface area contributed by atoms with Crippen LogP contribution < -0.4 is 14.8 Å². The van der Waals surface area contributed by atoms with Crippen molar-refractivity contribution in [3.8, 4) is 11.5 Å². The summed E-state index contributed by atoms with van der Waals surface area (Å²) in [5.41, 5.74) is 1.44. The quantitative estimate of drug-likeness (QED) is 0.672. The van der Waals surface area contributed by atoms with Crippen molar-refractivity contribution >= 4 is 17.4 Å². The van der Waals surface area contributed by atoms with Gasteiger partial charge in [-0.05, 0) is 30.3 Å². The molecular weight excluding hydrogens is 310 g/mol. The lowest BCUT2D eigenvalue weighted by molar-refractivity contribution is 0.0475. The molecule has 6 heteroatoms. The minimum atomic E-state index is -0.550. The van der Waals surface area contributed by atoms with E-state index >= 15 is 0 Å². The number of hydrogen-bond donors (Lipinski definition) is 1. The monoisotopic (exact) mass is 327 g/mol. The molecule has 0 spiro atoms. The van der Waals surface area contributed by atoms with Crippen LogP contribution in [0.3, 0.4) is 0 Å². The fourth-order valence-electron chi connectivity index (χ4n) is 2.39. The molecule has 0 amide bonds. The van der Waals surface area contributed by atoms with E-state index in [1.807, 2.05) is 6.07 Å². The van der Waals surface area contributed by atoms with Crippen LogP contribution >= 0.6 is 0 Å².